The zero-order chi connectivity index (χ0) is 30.9. The minimum atomic E-state index is -3.93. The molecule has 0 aliphatic carbocycles. The molecule has 11 heteroatoms. The van der Waals surface area contributed by atoms with E-state index in [1.807, 2.05) is 50.2 Å². The monoisotopic (exact) mass is 615 g/mol. The molecular formula is C31H38ClN3O6S. The summed E-state index contributed by atoms with van der Waals surface area (Å²) < 4.78 is 37.5. The van der Waals surface area contributed by atoms with E-state index in [4.69, 9.17) is 21.1 Å². The average molecular weight is 616 g/mol. The second-order valence-corrected chi connectivity index (χ2v) is 12.3. The van der Waals surface area contributed by atoms with Crippen molar-refractivity contribution in [2.24, 2.45) is 0 Å². The van der Waals surface area contributed by atoms with Crippen LogP contribution >= 0.6 is 11.6 Å². The number of carbonyl (C=O) groups is 2. The summed E-state index contributed by atoms with van der Waals surface area (Å²) in [4.78, 5) is 29.4. The van der Waals surface area contributed by atoms with Gasteiger partial charge in [-0.15, -0.1) is 0 Å². The van der Waals surface area contributed by atoms with Crippen molar-refractivity contribution in [3.05, 3.63) is 88.9 Å². The second kappa shape index (κ2) is 14.9. The minimum absolute atomic E-state index is 0.0441. The first-order valence-corrected chi connectivity index (χ1v) is 15.8. The van der Waals surface area contributed by atoms with Crippen LogP contribution in [-0.2, 0) is 32.6 Å². The zero-order valence-electron chi connectivity index (χ0n) is 24.5. The van der Waals surface area contributed by atoms with E-state index in [0.29, 0.717) is 17.9 Å². The van der Waals surface area contributed by atoms with Crippen LogP contribution in [-0.4, -0.2) is 64.2 Å². The van der Waals surface area contributed by atoms with Crippen molar-refractivity contribution in [3.8, 4) is 11.5 Å². The third-order valence-corrected chi connectivity index (χ3v) is 8.30. The highest BCUT2D eigenvalue weighted by atomic mass is 35.5. The Kier molecular flexibility index (Phi) is 11.6. The third-order valence-electron chi connectivity index (χ3n) is 6.86. The molecule has 0 saturated heterocycles. The van der Waals surface area contributed by atoms with Gasteiger partial charge in [0.1, 0.15) is 24.1 Å². The van der Waals surface area contributed by atoms with Crippen LogP contribution in [0.2, 0.25) is 5.02 Å². The lowest BCUT2D eigenvalue weighted by molar-refractivity contribution is -0.140. The number of halogens is 1. The number of carbonyl (C=O) groups excluding carboxylic acids is 2. The topological polar surface area (TPSA) is 105 Å². The molecule has 3 aromatic rings. The van der Waals surface area contributed by atoms with Crippen molar-refractivity contribution >= 4 is 39.1 Å². The van der Waals surface area contributed by atoms with Crippen LogP contribution in [0.3, 0.4) is 0 Å². The van der Waals surface area contributed by atoms with Gasteiger partial charge in [0.15, 0.2) is 0 Å². The number of rotatable bonds is 14. The van der Waals surface area contributed by atoms with Gasteiger partial charge in [-0.2, -0.15) is 0 Å². The van der Waals surface area contributed by atoms with Crippen molar-refractivity contribution in [1.82, 2.24) is 10.2 Å². The van der Waals surface area contributed by atoms with Crippen molar-refractivity contribution in [2.75, 3.05) is 31.3 Å². The van der Waals surface area contributed by atoms with Crippen LogP contribution < -0.4 is 19.1 Å². The molecule has 2 unspecified atom stereocenters. The van der Waals surface area contributed by atoms with Crippen LogP contribution in [0, 0.1) is 0 Å². The first-order chi connectivity index (χ1) is 20.0. The van der Waals surface area contributed by atoms with Gasteiger partial charge in [0, 0.05) is 19.0 Å². The van der Waals surface area contributed by atoms with E-state index in [-0.39, 0.29) is 35.6 Å². The molecule has 0 fully saturated rings. The molecule has 3 aromatic carbocycles. The Hall–Kier alpha value is -3.76. The number of nitrogens with one attached hydrogen (secondary N) is 1. The summed E-state index contributed by atoms with van der Waals surface area (Å²) in [5.41, 5.74) is 1.77. The molecule has 226 valence electrons. The fraction of sp³-hybridized carbons (Fsp3) is 0.355. The molecule has 3 rings (SSSR count). The average Bonchev–Trinajstić information content (AvgIpc) is 2.97. The van der Waals surface area contributed by atoms with Crippen LogP contribution in [0.1, 0.15) is 31.4 Å². The van der Waals surface area contributed by atoms with Gasteiger partial charge in [0.2, 0.25) is 21.8 Å². The molecule has 2 amide bonds. The first kappa shape index (κ1) is 32.8. The second-order valence-electron chi connectivity index (χ2n) is 9.99. The van der Waals surface area contributed by atoms with Gasteiger partial charge in [-0.1, -0.05) is 61.0 Å². The Morgan fingerprint density at radius 1 is 0.952 bits per heavy atom. The number of nitrogens with zero attached hydrogens (tertiary/aromatic N) is 2. The van der Waals surface area contributed by atoms with Gasteiger partial charge in [0.05, 0.1) is 31.2 Å². The van der Waals surface area contributed by atoms with E-state index in [9.17, 15) is 18.0 Å². The zero-order valence-corrected chi connectivity index (χ0v) is 26.1. The number of sulfonamides is 1. The number of amides is 2. The van der Waals surface area contributed by atoms with Crippen LogP contribution in [0.5, 0.6) is 11.5 Å². The Morgan fingerprint density at radius 2 is 1.64 bits per heavy atom. The van der Waals surface area contributed by atoms with Gasteiger partial charge in [-0.25, -0.2) is 8.42 Å². The lowest BCUT2D eigenvalue weighted by Crippen LogP contribution is -2.54. The van der Waals surface area contributed by atoms with Gasteiger partial charge in [0.25, 0.3) is 0 Å². The minimum Gasteiger partial charge on any atom is -0.497 e. The van der Waals surface area contributed by atoms with Crippen molar-refractivity contribution in [3.63, 3.8) is 0 Å². The predicted octanol–water partition coefficient (Wildman–Crippen LogP) is 4.68. The van der Waals surface area contributed by atoms with Crippen LogP contribution in [0.25, 0.3) is 0 Å². The number of methoxy groups -OCH3 is 2. The summed E-state index contributed by atoms with van der Waals surface area (Å²) >= 11 is 6.30. The molecule has 0 heterocycles. The Balaban J connectivity index is 2.08. The van der Waals surface area contributed by atoms with Gasteiger partial charge in [-0.05, 0) is 54.8 Å². The number of hydrogen-bond acceptors (Lipinski definition) is 6. The van der Waals surface area contributed by atoms with Crippen LogP contribution in [0.4, 0.5) is 5.69 Å². The van der Waals surface area contributed by atoms with Crippen LogP contribution in [0.15, 0.2) is 72.8 Å². The number of benzene rings is 3. The Labute approximate surface area is 253 Å². The molecule has 0 spiro atoms. The molecule has 2 atom stereocenters. The molecule has 0 radical (unpaired) electrons. The maximum atomic E-state index is 14.2. The van der Waals surface area contributed by atoms with Crippen molar-refractivity contribution < 1.29 is 27.5 Å². The maximum absolute atomic E-state index is 14.2. The smallest absolute Gasteiger partial charge is 0.244 e. The first-order valence-electron chi connectivity index (χ1n) is 13.5. The van der Waals surface area contributed by atoms with Crippen molar-refractivity contribution in [2.45, 2.75) is 45.3 Å². The van der Waals surface area contributed by atoms with E-state index in [1.165, 1.54) is 30.2 Å². The Morgan fingerprint density at radius 3 is 2.24 bits per heavy atom. The lowest BCUT2D eigenvalue weighted by atomic mass is 10.0. The van der Waals surface area contributed by atoms with E-state index in [0.717, 1.165) is 21.7 Å². The number of anilines is 1. The SMILES string of the molecule is CCC(C)NC(=O)C(Cc1ccccc1)N(Cc1cccc(OC)c1)C(=O)CN(c1ccc(OC)c(Cl)c1)S(C)(=O)=O. The van der Waals surface area contributed by atoms with Gasteiger partial charge in [-0.3, -0.25) is 13.9 Å². The van der Waals surface area contributed by atoms with E-state index < -0.39 is 28.5 Å². The highest BCUT2D eigenvalue weighted by molar-refractivity contribution is 7.92. The third kappa shape index (κ3) is 8.87. The summed E-state index contributed by atoms with van der Waals surface area (Å²) in [5.74, 6) is 0.0666. The molecule has 1 N–H and O–H groups in total. The maximum Gasteiger partial charge on any atom is 0.244 e. The lowest BCUT2D eigenvalue weighted by Gasteiger charge is -2.34. The highest BCUT2D eigenvalue weighted by Crippen LogP contribution is 2.30. The molecule has 9 nitrogen and oxygen atoms in total. The van der Waals surface area contributed by atoms with Gasteiger partial charge < -0.3 is 19.7 Å². The summed E-state index contributed by atoms with van der Waals surface area (Å²) in [7, 11) is -0.932. The standard InChI is InChI=1S/C31H38ClN3O6S/c1-6-22(2)33-31(37)28(18-23-11-8-7-9-12-23)34(20-24-13-10-14-26(17-24)40-3)30(36)21-35(42(5,38)39)25-15-16-29(41-4)27(32)19-25/h7-17,19,22,28H,6,18,20-21H2,1-5H3,(H,33,37). The van der Waals surface area contributed by atoms with Crippen molar-refractivity contribution in [1.29, 1.82) is 0 Å². The molecule has 0 aromatic heterocycles. The fourth-order valence-corrected chi connectivity index (χ4v) is 5.48. The highest BCUT2D eigenvalue weighted by Gasteiger charge is 2.33. The largest absolute Gasteiger partial charge is 0.497 e. The molecule has 0 saturated carbocycles. The molecule has 0 aliphatic heterocycles. The number of hydrogen-bond donors (Lipinski definition) is 1. The quantitative estimate of drug-likeness (QED) is 0.282. The van der Waals surface area contributed by atoms with E-state index >= 15 is 0 Å². The summed E-state index contributed by atoms with van der Waals surface area (Å²) in [6.07, 6.45) is 1.95. The number of ether oxygens (including phenoxy) is 2. The summed E-state index contributed by atoms with van der Waals surface area (Å²) in [5, 5.41) is 3.20. The summed E-state index contributed by atoms with van der Waals surface area (Å²) in [6.45, 7) is 3.35. The molecule has 0 aliphatic rings. The van der Waals surface area contributed by atoms with E-state index in [1.54, 1.807) is 25.3 Å². The molecule has 42 heavy (non-hydrogen) atoms. The summed E-state index contributed by atoms with van der Waals surface area (Å²) in [6, 6.07) is 20.0. The fourth-order valence-electron chi connectivity index (χ4n) is 4.39. The van der Waals surface area contributed by atoms with E-state index in [2.05, 4.69) is 5.32 Å². The predicted molar refractivity (Wildman–Crippen MR) is 166 cm³/mol. The van der Waals surface area contributed by atoms with Gasteiger partial charge >= 0.3 is 0 Å². The Bertz CT molecular complexity index is 1470. The molecule has 0 bridgehead atoms. The normalized spacial score (nSPS) is 12.6. The molecular weight excluding hydrogens is 578 g/mol.